The number of carbonyl (C=O) groups is 1. The van der Waals surface area contributed by atoms with E-state index in [4.69, 9.17) is 0 Å². The maximum absolute atomic E-state index is 13.8. The minimum absolute atomic E-state index is 0.124. The number of hydrogen-bond donors (Lipinski definition) is 1. The van der Waals surface area contributed by atoms with E-state index in [0.29, 0.717) is 23.3 Å². The van der Waals surface area contributed by atoms with E-state index >= 15 is 0 Å². The van der Waals surface area contributed by atoms with E-state index in [2.05, 4.69) is 31.0 Å². The van der Waals surface area contributed by atoms with E-state index in [1.165, 1.54) is 10.4 Å². The van der Waals surface area contributed by atoms with Crippen molar-refractivity contribution in [2.75, 3.05) is 26.2 Å². The van der Waals surface area contributed by atoms with Crippen LogP contribution in [0.1, 0.15) is 50.8 Å². The second kappa shape index (κ2) is 11.2. The predicted octanol–water partition coefficient (Wildman–Crippen LogP) is 3.95. The first-order valence-electron chi connectivity index (χ1n) is 11.6. The zero-order valence-corrected chi connectivity index (χ0v) is 20.4. The molecule has 0 bridgehead atoms. The zero-order chi connectivity index (χ0) is 24.0. The Bertz CT molecular complexity index is 1050. The largest absolute Gasteiger partial charge is 0.352 e. The lowest BCUT2D eigenvalue weighted by Gasteiger charge is -2.31. The van der Waals surface area contributed by atoms with Crippen LogP contribution in [0, 0.1) is 11.7 Å². The number of nitrogens with zero attached hydrogens (tertiary/aromatic N) is 2. The van der Waals surface area contributed by atoms with Crippen molar-refractivity contribution in [3.63, 3.8) is 0 Å². The Morgan fingerprint density at radius 1 is 1.12 bits per heavy atom. The summed E-state index contributed by atoms with van der Waals surface area (Å²) in [6.07, 6.45) is 0.885. The summed E-state index contributed by atoms with van der Waals surface area (Å²) < 4.78 is 41.8. The van der Waals surface area contributed by atoms with Gasteiger partial charge in [0.2, 0.25) is 15.9 Å². The molecule has 0 radical (unpaired) electrons. The molecule has 1 amide bonds. The molecule has 8 heteroatoms. The molecule has 33 heavy (non-hydrogen) atoms. The second-order valence-electron chi connectivity index (χ2n) is 8.46. The van der Waals surface area contributed by atoms with Crippen molar-refractivity contribution in [1.29, 1.82) is 0 Å². The Morgan fingerprint density at radius 2 is 1.79 bits per heavy atom. The third-order valence-electron chi connectivity index (χ3n) is 6.57. The number of benzene rings is 2. The van der Waals surface area contributed by atoms with Crippen molar-refractivity contribution >= 4 is 15.9 Å². The number of rotatable bonds is 9. The maximum atomic E-state index is 13.8. The van der Waals surface area contributed by atoms with E-state index in [9.17, 15) is 17.6 Å². The molecular formula is C25H34FN3O3S. The maximum Gasteiger partial charge on any atom is 0.243 e. The van der Waals surface area contributed by atoms with Crippen molar-refractivity contribution in [3.8, 4) is 0 Å². The first-order valence-corrected chi connectivity index (χ1v) is 13.1. The van der Waals surface area contributed by atoms with Crippen LogP contribution >= 0.6 is 0 Å². The molecule has 0 saturated carbocycles. The van der Waals surface area contributed by atoms with Gasteiger partial charge in [-0.25, -0.2) is 12.8 Å². The smallest absolute Gasteiger partial charge is 0.243 e. The average Bonchev–Trinajstić information content (AvgIpc) is 2.84. The van der Waals surface area contributed by atoms with E-state index < -0.39 is 10.0 Å². The first-order chi connectivity index (χ1) is 15.8. The number of carbonyl (C=O) groups excluding carboxylic acids is 1. The van der Waals surface area contributed by atoms with Crippen LogP contribution in [0.25, 0.3) is 0 Å². The third-order valence-corrected chi connectivity index (χ3v) is 8.47. The Morgan fingerprint density at radius 3 is 2.42 bits per heavy atom. The van der Waals surface area contributed by atoms with E-state index in [1.54, 1.807) is 36.4 Å². The molecule has 0 aromatic heterocycles. The summed E-state index contributed by atoms with van der Waals surface area (Å²) in [4.78, 5) is 15.1. The first kappa shape index (κ1) is 25.3. The second-order valence-corrected chi connectivity index (χ2v) is 10.4. The summed E-state index contributed by atoms with van der Waals surface area (Å²) in [5.41, 5.74) is 1.41. The predicted molar refractivity (Wildman–Crippen MR) is 128 cm³/mol. The van der Waals surface area contributed by atoms with Gasteiger partial charge in [-0.1, -0.05) is 44.2 Å². The van der Waals surface area contributed by atoms with Gasteiger partial charge in [0.05, 0.1) is 4.90 Å². The van der Waals surface area contributed by atoms with Crippen molar-refractivity contribution in [2.45, 2.75) is 51.1 Å². The topological polar surface area (TPSA) is 69.7 Å². The minimum Gasteiger partial charge on any atom is -0.352 e. The van der Waals surface area contributed by atoms with Gasteiger partial charge in [0.1, 0.15) is 5.82 Å². The molecule has 6 nitrogen and oxygen atoms in total. The lowest BCUT2D eigenvalue weighted by molar-refractivity contribution is -0.126. The van der Waals surface area contributed by atoms with Crippen LogP contribution in [0.5, 0.6) is 0 Å². The highest BCUT2D eigenvalue weighted by atomic mass is 32.2. The molecule has 1 heterocycles. The number of hydrogen-bond acceptors (Lipinski definition) is 4. The molecule has 1 saturated heterocycles. The SMILES string of the molecule is CCN(CC)C(C)c1cccc(S(=O)(=O)N2CCC(C(=O)NCc3ccccc3F)CC2)c1. The highest BCUT2D eigenvalue weighted by molar-refractivity contribution is 7.89. The molecule has 1 aliphatic rings. The summed E-state index contributed by atoms with van der Waals surface area (Å²) in [7, 11) is -3.63. The monoisotopic (exact) mass is 475 g/mol. The van der Waals surface area contributed by atoms with Gasteiger partial charge in [-0.2, -0.15) is 4.31 Å². The van der Waals surface area contributed by atoms with Gasteiger partial charge >= 0.3 is 0 Å². The van der Waals surface area contributed by atoms with Crippen LogP contribution in [0.2, 0.25) is 0 Å². The van der Waals surface area contributed by atoms with Gasteiger partial charge in [-0.05, 0) is 56.6 Å². The lowest BCUT2D eigenvalue weighted by atomic mass is 9.97. The normalized spacial score (nSPS) is 16.6. The van der Waals surface area contributed by atoms with Crippen LogP contribution in [-0.4, -0.2) is 49.7 Å². The lowest BCUT2D eigenvalue weighted by Crippen LogP contribution is -2.42. The molecule has 1 atom stereocenters. The van der Waals surface area contributed by atoms with Crippen LogP contribution in [0.15, 0.2) is 53.4 Å². The fourth-order valence-corrected chi connectivity index (χ4v) is 5.92. The summed E-state index contributed by atoms with van der Waals surface area (Å²) in [5, 5.41) is 2.78. The summed E-state index contributed by atoms with van der Waals surface area (Å²) >= 11 is 0. The summed E-state index contributed by atoms with van der Waals surface area (Å²) in [6.45, 7) is 8.76. The summed E-state index contributed by atoms with van der Waals surface area (Å²) in [5.74, 6) is -0.793. The number of halogens is 1. The molecule has 0 aliphatic carbocycles. The highest BCUT2D eigenvalue weighted by Gasteiger charge is 2.32. The number of amides is 1. The number of sulfonamides is 1. The third kappa shape index (κ3) is 5.99. The molecule has 1 fully saturated rings. The average molecular weight is 476 g/mol. The van der Waals surface area contributed by atoms with E-state index in [-0.39, 0.29) is 43.3 Å². The van der Waals surface area contributed by atoms with E-state index in [1.807, 2.05) is 6.07 Å². The number of nitrogens with one attached hydrogen (secondary N) is 1. The molecular weight excluding hydrogens is 441 g/mol. The Kier molecular flexibility index (Phi) is 8.62. The summed E-state index contributed by atoms with van der Waals surface area (Å²) in [6, 6.07) is 13.6. The molecule has 1 unspecified atom stereocenters. The Hall–Kier alpha value is -2.29. The van der Waals surface area contributed by atoms with Crippen LogP contribution in [0.3, 0.4) is 0 Å². The Labute approximate surface area is 196 Å². The minimum atomic E-state index is -3.63. The number of piperidine rings is 1. The van der Waals surface area contributed by atoms with E-state index in [0.717, 1.165) is 18.7 Å². The van der Waals surface area contributed by atoms with Gasteiger partial charge in [-0.15, -0.1) is 0 Å². The quantitative estimate of drug-likeness (QED) is 0.596. The Balaban J connectivity index is 1.61. The van der Waals surface area contributed by atoms with Crippen molar-refractivity contribution < 1.29 is 17.6 Å². The van der Waals surface area contributed by atoms with Gasteiger partial charge < -0.3 is 5.32 Å². The van der Waals surface area contributed by atoms with Crippen molar-refractivity contribution in [1.82, 2.24) is 14.5 Å². The zero-order valence-electron chi connectivity index (χ0n) is 19.6. The van der Waals surface area contributed by atoms with Crippen LogP contribution in [0.4, 0.5) is 4.39 Å². The van der Waals surface area contributed by atoms with Gasteiger partial charge in [0.15, 0.2) is 0 Å². The fourth-order valence-electron chi connectivity index (χ4n) is 4.39. The molecule has 1 N–H and O–H groups in total. The van der Waals surface area contributed by atoms with Gasteiger partial charge in [0, 0.05) is 37.2 Å². The highest BCUT2D eigenvalue weighted by Crippen LogP contribution is 2.27. The van der Waals surface area contributed by atoms with Gasteiger partial charge in [-0.3, -0.25) is 9.69 Å². The molecule has 0 spiro atoms. The fraction of sp³-hybridized carbons (Fsp3) is 0.480. The molecule has 1 aliphatic heterocycles. The van der Waals surface area contributed by atoms with Crippen LogP contribution in [-0.2, 0) is 21.4 Å². The molecule has 180 valence electrons. The molecule has 2 aromatic carbocycles. The molecule has 3 rings (SSSR count). The van der Waals surface area contributed by atoms with Crippen LogP contribution < -0.4 is 5.32 Å². The molecule has 2 aromatic rings. The van der Waals surface area contributed by atoms with Crippen molar-refractivity contribution in [3.05, 3.63) is 65.5 Å². The van der Waals surface area contributed by atoms with Gasteiger partial charge in [0.25, 0.3) is 0 Å². The van der Waals surface area contributed by atoms with Crippen molar-refractivity contribution in [2.24, 2.45) is 5.92 Å². The standard InChI is InChI=1S/C25H34FN3O3S/c1-4-28(5-2)19(3)21-10-8-11-23(17-21)33(31,32)29-15-13-20(14-16-29)25(30)27-18-22-9-6-7-12-24(22)26/h6-12,17,19-20H,4-5,13-16,18H2,1-3H3,(H,27,30).